The lowest BCUT2D eigenvalue weighted by atomic mass is 9.95. The summed E-state index contributed by atoms with van der Waals surface area (Å²) in [5.74, 6) is 0. The van der Waals surface area contributed by atoms with Gasteiger partial charge in [0.1, 0.15) is 0 Å². The summed E-state index contributed by atoms with van der Waals surface area (Å²) in [4.78, 5) is 4.70. The first kappa shape index (κ1) is 27.1. The first-order valence-electron chi connectivity index (χ1n) is 14.5. The van der Waals surface area contributed by atoms with Crippen LogP contribution >= 0.6 is 0 Å². The fourth-order valence-electron chi connectivity index (χ4n) is 5.82. The van der Waals surface area contributed by atoms with Crippen LogP contribution in [-0.2, 0) is 0 Å². The van der Waals surface area contributed by atoms with Crippen LogP contribution < -0.4 is 9.80 Å². The minimum Gasteiger partial charge on any atom is -0.310 e. The molecule has 0 atom stereocenters. The molecule has 206 valence electrons. The molecule has 6 aromatic carbocycles. The Morgan fingerprint density at radius 3 is 1.02 bits per heavy atom. The lowest BCUT2D eigenvalue weighted by Gasteiger charge is -2.28. The van der Waals surface area contributed by atoms with E-state index in [0.29, 0.717) is 0 Å². The quantitative estimate of drug-likeness (QED) is 0.197. The maximum Gasteiger partial charge on any atom is 0.0490 e. The third-order valence-electron chi connectivity index (χ3n) is 7.97. The van der Waals surface area contributed by atoms with Gasteiger partial charge in [-0.2, -0.15) is 0 Å². The number of rotatable bonds is 7. The Balaban J connectivity index is 1.40. The Hall–Kier alpha value is -5.08. The summed E-state index contributed by atoms with van der Waals surface area (Å²) in [5, 5.41) is 0. The number of anilines is 6. The van der Waals surface area contributed by atoms with E-state index < -0.39 is 0 Å². The molecule has 0 aliphatic heterocycles. The summed E-state index contributed by atoms with van der Waals surface area (Å²) in [6, 6.07) is 52.1. The van der Waals surface area contributed by atoms with Crippen molar-refractivity contribution in [2.75, 3.05) is 9.80 Å². The van der Waals surface area contributed by atoms with Crippen molar-refractivity contribution in [3.8, 4) is 11.1 Å². The van der Waals surface area contributed by atoms with E-state index in [4.69, 9.17) is 0 Å². The lowest BCUT2D eigenvalue weighted by Crippen LogP contribution is -2.12. The third-order valence-corrected chi connectivity index (χ3v) is 7.97. The largest absolute Gasteiger partial charge is 0.310 e. The summed E-state index contributed by atoms with van der Waals surface area (Å²) >= 11 is 0. The summed E-state index contributed by atoms with van der Waals surface area (Å²) in [6.45, 7) is 8.79. The van der Waals surface area contributed by atoms with E-state index in [2.05, 4.69) is 183 Å². The highest BCUT2D eigenvalue weighted by atomic mass is 15.1. The molecule has 0 saturated carbocycles. The van der Waals surface area contributed by atoms with Gasteiger partial charge in [-0.1, -0.05) is 84.9 Å². The van der Waals surface area contributed by atoms with Gasteiger partial charge in [0, 0.05) is 34.1 Å². The average Bonchev–Trinajstić information content (AvgIpc) is 3.01. The summed E-state index contributed by atoms with van der Waals surface area (Å²) in [7, 11) is 0. The fraction of sp³-hybridized carbons (Fsp3) is 0.100. The van der Waals surface area contributed by atoms with Crippen molar-refractivity contribution in [1.29, 1.82) is 0 Å². The highest BCUT2D eigenvalue weighted by Crippen LogP contribution is 2.41. The van der Waals surface area contributed by atoms with Crippen LogP contribution in [0.4, 0.5) is 34.1 Å². The molecule has 2 nitrogen and oxygen atoms in total. The van der Waals surface area contributed by atoms with Crippen molar-refractivity contribution in [2.24, 2.45) is 0 Å². The molecule has 0 aromatic heterocycles. The van der Waals surface area contributed by atoms with Crippen LogP contribution in [0.3, 0.4) is 0 Å². The second-order valence-corrected chi connectivity index (χ2v) is 10.9. The van der Waals surface area contributed by atoms with Crippen LogP contribution in [0, 0.1) is 27.7 Å². The summed E-state index contributed by atoms with van der Waals surface area (Å²) < 4.78 is 0. The zero-order valence-corrected chi connectivity index (χ0v) is 24.8. The molecular formula is C40H36N2. The van der Waals surface area contributed by atoms with Gasteiger partial charge < -0.3 is 9.80 Å². The molecule has 0 fully saturated rings. The SMILES string of the molecule is Cc1cc(N(c2ccccc2)c2ccccc2C)ccc1-c1ccc(N(c2ccccc2)c2ccccc2C)cc1C. The van der Waals surface area contributed by atoms with Gasteiger partial charge in [-0.05, 0) is 122 Å². The minimum absolute atomic E-state index is 1.15. The summed E-state index contributed by atoms with van der Waals surface area (Å²) in [5.41, 5.74) is 14.5. The average molecular weight is 545 g/mol. The highest BCUT2D eigenvalue weighted by Gasteiger charge is 2.18. The first-order valence-corrected chi connectivity index (χ1v) is 14.5. The van der Waals surface area contributed by atoms with E-state index in [9.17, 15) is 0 Å². The van der Waals surface area contributed by atoms with Crippen LogP contribution in [0.5, 0.6) is 0 Å². The molecule has 0 unspecified atom stereocenters. The zero-order chi connectivity index (χ0) is 29.1. The molecular weight excluding hydrogens is 508 g/mol. The molecule has 0 radical (unpaired) electrons. The van der Waals surface area contributed by atoms with Crippen molar-refractivity contribution in [2.45, 2.75) is 27.7 Å². The fourth-order valence-corrected chi connectivity index (χ4v) is 5.82. The van der Waals surface area contributed by atoms with Gasteiger partial charge in [0.15, 0.2) is 0 Å². The van der Waals surface area contributed by atoms with Gasteiger partial charge in [0.25, 0.3) is 0 Å². The van der Waals surface area contributed by atoms with Crippen LogP contribution in [0.25, 0.3) is 11.1 Å². The number of nitrogens with zero attached hydrogens (tertiary/aromatic N) is 2. The molecule has 0 spiro atoms. The Bertz CT molecular complexity index is 1690. The predicted octanol–water partition coefficient (Wildman–Crippen LogP) is 11.5. The third kappa shape index (κ3) is 5.32. The number of aryl methyl sites for hydroxylation is 4. The van der Waals surface area contributed by atoms with Gasteiger partial charge in [-0.15, -0.1) is 0 Å². The smallest absolute Gasteiger partial charge is 0.0490 e. The molecule has 0 bridgehead atoms. The number of para-hydroxylation sites is 4. The van der Waals surface area contributed by atoms with Crippen molar-refractivity contribution >= 4 is 34.1 Å². The first-order chi connectivity index (χ1) is 20.5. The van der Waals surface area contributed by atoms with E-state index in [1.54, 1.807) is 0 Å². The van der Waals surface area contributed by atoms with Gasteiger partial charge in [-0.25, -0.2) is 0 Å². The normalized spacial score (nSPS) is 10.9. The Morgan fingerprint density at radius 1 is 0.310 bits per heavy atom. The van der Waals surface area contributed by atoms with Crippen molar-refractivity contribution in [1.82, 2.24) is 0 Å². The van der Waals surface area contributed by atoms with Gasteiger partial charge in [-0.3, -0.25) is 0 Å². The van der Waals surface area contributed by atoms with Gasteiger partial charge in [0.05, 0.1) is 0 Å². The van der Waals surface area contributed by atoms with E-state index in [1.807, 2.05) is 0 Å². The minimum atomic E-state index is 1.15. The second-order valence-electron chi connectivity index (χ2n) is 10.9. The molecule has 0 N–H and O–H groups in total. The zero-order valence-electron chi connectivity index (χ0n) is 24.8. The van der Waals surface area contributed by atoms with Crippen molar-refractivity contribution < 1.29 is 0 Å². The molecule has 6 rings (SSSR count). The molecule has 0 heterocycles. The van der Waals surface area contributed by atoms with Crippen molar-refractivity contribution in [3.05, 3.63) is 168 Å². The molecule has 6 aromatic rings. The van der Waals surface area contributed by atoms with Crippen LogP contribution in [-0.4, -0.2) is 0 Å². The van der Waals surface area contributed by atoms with Crippen LogP contribution in [0.2, 0.25) is 0 Å². The van der Waals surface area contributed by atoms with Gasteiger partial charge in [0.2, 0.25) is 0 Å². The van der Waals surface area contributed by atoms with E-state index in [1.165, 1.54) is 44.8 Å². The molecule has 2 heteroatoms. The van der Waals surface area contributed by atoms with Crippen LogP contribution in [0.1, 0.15) is 22.3 Å². The molecule has 0 aliphatic carbocycles. The van der Waals surface area contributed by atoms with Gasteiger partial charge >= 0.3 is 0 Å². The lowest BCUT2D eigenvalue weighted by molar-refractivity contribution is 1.23. The van der Waals surface area contributed by atoms with E-state index in [-0.39, 0.29) is 0 Å². The maximum absolute atomic E-state index is 2.35. The molecule has 42 heavy (non-hydrogen) atoms. The van der Waals surface area contributed by atoms with Crippen LogP contribution in [0.15, 0.2) is 146 Å². The monoisotopic (exact) mass is 544 g/mol. The van der Waals surface area contributed by atoms with Crippen molar-refractivity contribution in [3.63, 3.8) is 0 Å². The standard InChI is InChI=1S/C40H36N2/c1-29-15-11-13-21-39(29)41(33-17-7-5-8-18-33)35-23-25-37(31(3)27-35)38-26-24-36(28-32(38)4)42(34-19-9-6-10-20-34)40-22-14-12-16-30(40)2/h5-28H,1-4H3. The summed E-state index contributed by atoms with van der Waals surface area (Å²) in [6.07, 6.45) is 0. The molecule has 0 aliphatic rings. The Morgan fingerprint density at radius 2 is 0.667 bits per heavy atom. The highest BCUT2D eigenvalue weighted by molar-refractivity contribution is 5.84. The molecule has 0 amide bonds. The topological polar surface area (TPSA) is 6.48 Å². The number of hydrogen-bond donors (Lipinski definition) is 0. The Kier molecular flexibility index (Phi) is 7.62. The predicted molar refractivity (Wildman–Crippen MR) is 180 cm³/mol. The Labute approximate surface area is 250 Å². The maximum atomic E-state index is 2.35. The molecule has 0 saturated heterocycles. The number of hydrogen-bond acceptors (Lipinski definition) is 2. The number of benzene rings is 6. The van der Waals surface area contributed by atoms with E-state index in [0.717, 1.165) is 22.7 Å². The van der Waals surface area contributed by atoms with E-state index >= 15 is 0 Å². The second kappa shape index (κ2) is 11.8.